The van der Waals surface area contributed by atoms with E-state index in [1.807, 2.05) is 30.6 Å². The third-order valence-electron chi connectivity index (χ3n) is 6.73. The SMILES string of the molecule is Cc1cccc(-c2ccc(-c3cc(C)ccn3)cc2-c2ccc3oc(-c4cccnc4)c(C)c3c2)c1. The molecule has 0 atom stereocenters. The highest BCUT2D eigenvalue weighted by molar-refractivity contribution is 5.94. The van der Waals surface area contributed by atoms with Gasteiger partial charge in [-0.1, -0.05) is 48.0 Å². The summed E-state index contributed by atoms with van der Waals surface area (Å²) in [4.78, 5) is 8.91. The molecule has 0 amide bonds. The predicted octanol–water partition coefficient (Wildman–Crippen LogP) is 8.82. The van der Waals surface area contributed by atoms with Gasteiger partial charge in [-0.05, 0) is 91.1 Å². The Bertz CT molecular complexity index is 1710. The van der Waals surface area contributed by atoms with Crippen molar-refractivity contribution >= 4 is 11.0 Å². The maximum absolute atomic E-state index is 6.26. The van der Waals surface area contributed by atoms with Gasteiger partial charge in [-0.15, -0.1) is 0 Å². The van der Waals surface area contributed by atoms with Crippen LogP contribution < -0.4 is 0 Å². The molecule has 0 aliphatic heterocycles. The lowest BCUT2D eigenvalue weighted by Gasteiger charge is -2.14. The molecule has 0 saturated carbocycles. The highest BCUT2D eigenvalue weighted by atomic mass is 16.3. The zero-order chi connectivity index (χ0) is 24.6. The van der Waals surface area contributed by atoms with Gasteiger partial charge in [0.25, 0.3) is 0 Å². The van der Waals surface area contributed by atoms with Crippen molar-refractivity contribution in [2.75, 3.05) is 0 Å². The van der Waals surface area contributed by atoms with E-state index in [2.05, 4.69) is 97.5 Å². The monoisotopic (exact) mass is 466 g/mol. The molecule has 0 saturated heterocycles. The first kappa shape index (κ1) is 22.0. The van der Waals surface area contributed by atoms with Crippen LogP contribution in [0.2, 0.25) is 0 Å². The fourth-order valence-electron chi connectivity index (χ4n) is 4.86. The Morgan fingerprint density at radius 2 is 1.42 bits per heavy atom. The van der Waals surface area contributed by atoms with Crippen LogP contribution in [0.15, 0.2) is 108 Å². The normalized spacial score (nSPS) is 11.2. The van der Waals surface area contributed by atoms with Crippen LogP contribution in [0.3, 0.4) is 0 Å². The van der Waals surface area contributed by atoms with Gasteiger partial charge in [0.2, 0.25) is 0 Å². The fraction of sp³-hybridized carbons (Fsp3) is 0.0909. The number of furan rings is 1. The number of rotatable bonds is 4. The van der Waals surface area contributed by atoms with Crippen LogP contribution in [0.25, 0.3) is 55.8 Å². The summed E-state index contributed by atoms with van der Waals surface area (Å²) < 4.78 is 6.26. The smallest absolute Gasteiger partial charge is 0.139 e. The van der Waals surface area contributed by atoms with Crippen molar-refractivity contribution in [3.63, 3.8) is 0 Å². The van der Waals surface area contributed by atoms with Crippen molar-refractivity contribution in [3.05, 3.63) is 120 Å². The topological polar surface area (TPSA) is 38.9 Å². The number of pyridine rings is 2. The zero-order valence-electron chi connectivity index (χ0n) is 20.6. The predicted molar refractivity (Wildman–Crippen MR) is 148 cm³/mol. The molecule has 0 radical (unpaired) electrons. The summed E-state index contributed by atoms with van der Waals surface area (Å²) in [6, 6.07) is 29.9. The number of benzene rings is 3. The number of aromatic nitrogens is 2. The third kappa shape index (κ3) is 3.99. The van der Waals surface area contributed by atoms with E-state index < -0.39 is 0 Å². The fourth-order valence-corrected chi connectivity index (χ4v) is 4.86. The van der Waals surface area contributed by atoms with E-state index in [0.29, 0.717) is 0 Å². The maximum Gasteiger partial charge on any atom is 0.139 e. The summed E-state index contributed by atoms with van der Waals surface area (Å²) in [6.45, 7) is 6.35. The summed E-state index contributed by atoms with van der Waals surface area (Å²) in [5.41, 5.74) is 12.2. The molecule has 3 heteroatoms. The first-order valence-electron chi connectivity index (χ1n) is 12.1. The van der Waals surface area contributed by atoms with Crippen molar-refractivity contribution in [3.8, 4) is 44.8 Å². The Kier molecular flexibility index (Phi) is 5.46. The lowest BCUT2D eigenvalue weighted by Crippen LogP contribution is -1.90. The number of fused-ring (bicyclic) bond motifs is 1. The number of hydrogen-bond donors (Lipinski definition) is 0. The van der Waals surface area contributed by atoms with Crippen LogP contribution in [0, 0.1) is 20.8 Å². The van der Waals surface area contributed by atoms with Crippen LogP contribution in [-0.4, -0.2) is 9.97 Å². The lowest BCUT2D eigenvalue weighted by molar-refractivity contribution is 0.629. The number of hydrogen-bond acceptors (Lipinski definition) is 3. The molecule has 6 rings (SSSR count). The van der Waals surface area contributed by atoms with Crippen molar-refractivity contribution in [2.45, 2.75) is 20.8 Å². The molecule has 0 aliphatic rings. The Hall–Kier alpha value is -4.50. The van der Waals surface area contributed by atoms with Crippen LogP contribution in [0.1, 0.15) is 16.7 Å². The van der Waals surface area contributed by atoms with E-state index in [1.165, 1.54) is 27.8 Å². The van der Waals surface area contributed by atoms with Gasteiger partial charge >= 0.3 is 0 Å². The van der Waals surface area contributed by atoms with Crippen molar-refractivity contribution < 1.29 is 4.42 Å². The van der Waals surface area contributed by atoms with Crippen molar-refractivity contribution in [1.29, 1.82) is 0 Å². The van der Waals surface area contributed by atoms with E-state index in [4.69, 9.17) is 4.42 Å². The molecule has 3 aromatic carbocycles. The highest BCUT2D eigenvalue weighted by Gasteiger charge is 2.16. The summed E-state index contributed by atoms with van der Waals surface area (Å²) in [6.07, 6.45) is 5.50. The van der Waals surface area contributed by atoms with Gasteiger partial charge in [-0.3, -0.25) is 9.97 Å². The molecule has 0 aliphatic carbocycles. The molecule has 0 spiro atoms. The summed E-state index contributed by atoms with van der Waals surface area (Å²) in [5, 5.41) is 1.11. The highest BCUT2D eigenvalue weighted by Crippen LogP contribution is 2.39. The lowest BCUT2D eigenvalue weighted by atomic mass is 9.90. The van der Waals surface area contributed by atoms with Crippen LogP contribution in [-0.2, 0) is 0 Å². The minimum Gasteiger partial charge on any atom is -0.456 e. The van der Waals surface area contributed by atoms with Gasteiger partial charge in [0.05, 0.1) is 5.69 Å². The average Bonchev–Trinajstić information content (AvgIpc) is 3.24. The first-order chi connectivity index (χ1) is 17.6. The molecule has 36 heavy (non-hydrogen) atoms. The minimum absolute atomic E-state index is 0.867. The second-order valence-electron chi connectivity index (χ2n) is 9.36. The van der Waals surface area contributed by atoms with Crippen molar-refractivity contribution in [2.24, 2.45) is 0 Å². The summed E-state index contributed by atoms with van der Waals surface area (Å²) in [5.74, 6) is 0.867. The third-order valence-corrected chi connectivity index (χ3v) is 6.73. The second-order valence-corrected chi connectivity index (χ2v) is 9.36. The maximum atomic E-state index is 6.26. The van der Waals surface area contributed by atoms with Gasteiger partial charge in [0.1, 0.15) is 11.3 Å². The molecular formula is C33H26N2O. The van der Waals surface area contributed by atoms with Gasteiger partial charge in [-0.25, -0.2) is 0 Å². The summed E-state index contributed by atoms with van der Waals surface area (Å²) in [7, 11) is 0. The molecule has 6 aromatic rings. The Morgan fingerprint density at radius 1 is 0.611 bits per heavy atom. The molecule has 0 N–H and O–H groups in total. The molecule has 0 fully saturated rings. The minimum atomic E-state index is 0.867. The molecular weight excluding hydrogens is 440 g/mol. The van der Waals surface area contributed by atoms with E-state index in [1.54, 1.807) is 6.20 Å². The van der Waals surface area contributed by atoms with E-state index in [9.17, 15) is 0 Å². The molecule has 174 valence electrons. The standard InChI is InChI=1S/C33H26N2O/c1-21-6-4-7-24(16-21)28-11-9-26(31-17-22(2)13-15-35-31)19-30(28)25-10-12-32-29(18-25)23(3)33(36-32)27-8-5-14-34-20-27/h4-20H,1-3H3. The Labute approximate surface area is 211 Å². The Morgan fingerprint density at radius 3 is 2.22 bits per heavy atom. The molecule has 3 nitrogen and oxygen atoms in total. The number of aryl methyl sites for hydroxylation is 3. The van der Waals surface area contributed by atoms with Gasteiger partial charge < -0.3 is 4.42 Å². The summed E-state index contributed by atoms with van der Waals surface area (Å²) >= 11 is 0. The van der Waals surface area contributed by atoms with E-state index >= 15 is 0 Å². The average molecular weight is 467 g/mol. The zero-order valence-corrected chi connectivity index (χ0v) is 20.6. The number of nitrogens with zero attached hydrogens (tertiary/aromatic N) is 2. The Balaban J connectivity index is 1.56. The van der Waals surface area contributed by atoms with Crippen LogP contribution >= 0.6 is 0 Å². The van der Waals surface area contributed by atoms with E-state index in [-0.39, 0.29) is 0 Å². The molecule has 0 bridgehead atoms. The van der Waals surface area contributed by atoms with E-state index in [0.717, 1.165) is 44.7 Å². The molecule has 3 heterocycles. The van der Waals surface area contributed by atoms with Gasteiger partial charge in [0, 0.05) is 40.7 Å². The quantitative estimate of drug-likeness (QED) is 0.260. The molecule has 0 unspecified atom stereocenters. The molecule has 3 aromatic heterocycles. The van der Waals surface area contributed by atoms with Crippen molar-refractivity contribution in [1.82, 2.24) is 9.97 Å². The first-order valence-corrected chi connectivity index (χ1v) is 12.1. The van der Waals surface area contributed by atoms with Gasteiger partial charge in [-0.2, -0.15) is 0 Å². The largest absolute Gasteiger partial charge is 0.456 e. The second kappa shape index (κ2) is 8.94. The van der Waals surface area contributed by atoms with Gasteiger partial charge in [0.15, 0.2) is 0 Å². The van der Waals surface area contributed by atoms with Crippen LogP contribution in [0.4, 0.5) is 0 Å². The van der Waals surface area contributed by atoms with Crippen LogP contribution in [0.5, 0.6) is 0 Å².